The fourth-order valence-electron chi connectivity index (χ4n) is 2.91. The Morgan fingerprint density at radius 2 is 1.86 bits per heavy atom. The molecule has 2 N–H and O–H groups in total. The molecule has 0 bridgehead atoms. The standard InChI is InChI=1S/C21H24ClF3N2O/c1-5-14-8-6-7-13(4)19(14)27-20(28)18(12(2)3)26-17-10-9-15(11-16(17)22)21(23,24)25/h6-12,18,26H,5H2,1-4H3,(H,27,28)/t18-/m0/s1. The molecule has 2 aromatic carbocycles. The number of alkyl halides is 3. The van der Waals surface area contributed by atoms with Crippen LogP contribution < -0.4 is 10.6 Å². The number of hydrogen-bond acceptors (Lipinski definition) is 2. The molecule has 0 unspecified atom stereocenters. The SMILES string of the molecule is CCc1cccc(C)c1NC(=O)[C@@H](Nc1ccc(C(F)(F)F)cc1Cl)C(C)C. The van der Waals surface area contributed by atoms with Crippen LogP contribution in [0, 0.1) is 12.8 Å². The second-order valence-corrected chi connectivity index (χ2v) is 7.42. The first-order valence-electron chi connectivity index (χ1n) is 9.07. The van der Waals surface area contributed by atoms with Gasteiger partial charge in [-0.3, -0.25) is 4.79 Å². The summed E-state index contributed by atoms with van der Waals surface area (Å²) in [5.74, 6) is -0.387. The fourth-order valence-corrected chi connectivity index (χ4v) is 3.15. The van der Waals surface area contributed by atoms with Crippen molar-refractivity contribution in [3.8, 4) is 0 Å². The molecule has 0 aliphatic heterocycles. The molecule has 0 radical (unpaired) electrons. The molecule has 0 fully saturated rings. The normalized spacial score (nSPS) is 12.8. The minimum atomic E-state index is -4.47. The zero-order chi connectivity index (χ0) is 21.1. The van der Waals surface area contributed by atoms with E-state index in [0.29, 0.717) is 0 Å². The maximum atomic E-state index is 12.9. The monoisotopic (exact) mass is 412 g/mol. The summed E-state index contributed by atoms with van der Waals surface area (Å²) >= 11 is 6.03. The van der Waals surface area contributed by atoms with Crippen molar-refractivity contribution in [3.63, 3.8) is 0 Å². The summed E-state index contributed by atoms with van der Waals surface area (Å²) in [6.07, 6.45) is -3.71. The number of anilines is 2. The van der Waals surface area contributed by atoms with Gasteiger partial charge < -0.3 is 10.6 Å². The molecular weight excluding hydrogens is 389 g/mol. The molecule has 28 heavy (non-hydrogen) atoms. The third kappa shape index (κ3) is 5.19. The van der Waals surface area contributed by atoms with Crippen molar-refractivity contribution >= 4 is 28.9 Å². The lowest BCUT2D eigenvalue weighted by molar-refractivity contribution is -0.137. The van der Waals surface area contributed by atoms with Gasteiger partial charge in [-0.25, -0.2) is 0 Å². The molecule has 0 saturated carbocycles. The first-order valence-corrected chi connectivity index (χ1v) is 9.45. The lowest BCUT2D eigenvalue weighted by Crippen LogP contribution is -2.39. The molecule has 0 spiro atoms. The topological polar surface area (TPSA) is 41.1 Å². The second-order valence-electron chi connectivity index (χ2n) is 7.01. The minimum Gasteiger partial charge on any atom is -0.372 e. The van der Waals surface area contributed by atoms with Crippen molar-refractivity contribution in [1.82, 2.24) is 0 Å². The summed E-state index contributed by atoms with van der Waals surface area (Å²) in [5, 5.41) is 5.87. The highest BCUT2D eigenvalue weighted by atomic mass is 35.5. The van der Waals surface area contributed by atoms with Crippen molar-refractivity contribution in [1.29, 1.82) is 0 Å². The molecule has 3 nitrogen and oxygen atoms in total. The first-order chi connectivity index (χ1) is 13.0. The van der Waals surface area contributed by atoms with Crippen LogP contribution in [0.25, 0.3) is 0 Å². The number of para-hydroxylation sites is 1. The first kappa shape index (κ1) is 22.1. The van der Waals surface area contributed by atoms with Crippen molar-refractivity contribution in [2.45, 2.75) is 46.3 Å². The van der Waals surface area contributed by atoms with Crippen LogP contribution in [0.3, 0.4) is 0 Å². The Labute approximate surface area is 168 Å². The van der Waals surface area contributed by atoms with Gasteiger partial charge >= 0.3 is 6.18 Å². The average Bonchev–Trinajstić information content (AvgIpc) is 2.61. The van der Waals surface area contributed by atoms with Crippen LogP contribution in [-0.2, 0) is 17.4 Å². The molecule has 1 atom stereocenters. The molecule has 2 rings (SSSR count). The van der Waals surface area contributed by atoms with Crippen molar-refractivity contribution in [3.05, 3.63) is 58.1 Å². The highest BCUT2D eigenvalue weighted by molar-refractivity contribution is 6.33. The number of hydrogen-bond donors (Lipinski definition) is 2. The number of halogens is 4. The summed E-state index contributed by atoms with van der Waals surface area (Å²) in [4.78, 5) is 12.9. The van der Waals surface area contributed by atoms with Crippen LogP contribution in [-0.4, -0.2) is 11.9 Å². The average molecular weight is 413 g/mol. The molecular formula is C21H24ClF3N2O. The Bertz CT molecular complexity index is 850. The smallest absolute Gasteiger partial charge is 0.372 e. The van der Waals surface area contributed by atoms with Crippen LogP contribution in [0.15, 0.2) is 36.4 Å². The maximum Gasteiger partial charge on any atom is 0.416 e. The van der Waals surface area contributed by atoms with E-state index in [9.17, 15) is 18.0 Å². The van der Waals surface area contributed by atoms with Gasteiger partial charge in [0.2, 0.25) is 5.91 Å². The Balaban J connectivity index is 2.26. The zero-order valence-corrected chi connectivity index (χ0v) is 17.0. The summed E-state index contributed by atoms with van der Waals surface area (Å²) in [6, 6.07) is 8.18. The Morgan fingerprint density at radius 1 is 1.18 bits per heavy atom. The Hall–Kier alpha value is -2.21. The molecule has 152 valence electrons. The highest BCUT2D eigenvalue weighted by Gasteiger charge is 2.31. The van der Waals surface area contributed by atoms with Crippen LogP contribution in [0.4, 0.5) is 24.5 Å². The lowest BCUT2D eigenvalue weighted by atomic mass is 10.0. The molecule has 0 aromatic heterocycles. The molecule has 1 amide bonds. The fraction of sp³-hybridized carbons (Fsp3) is 0.381. The van der Waals surface area contributed by atoms with Crippen LogP contribution in [0.1, 0.15) is 37.5 Å². The molecule has 0 aliphatic carbocycles. The summed E-state index contributed by atoms with van der Waals surface area (Å²) < 4.78 is 38.5. The summed E-state index contributed by atoms with van der Waals surface area (Å²) in [6.45, 7) is 7.63. The van der Waals surface area contributed by atoms with E-state index in [2.05, 4.69) is 10.6 Å². The third-order valence-corrected chi connectivity index (χ3v) is 4.86. The van der Waals surface area contributed by atoms with E-state index in [1.807, 2.05) is 45.9 Å². The Morgan fingerprint density at radius 3 is 2.39 bits per heavy atom. The number of amides is 1. The van der Waals surface area contributed by atoms with Crippen LogP contribution in [0.2, 0.25) is 5.02 Å². The number of aryl methyl sites for hydroxylation is 2. The summed E-state index contributed by atoms with van der Waals surface area (Å²) in [7, 11) is 0. The van der Waals surface area contributed by atoms with Crippen molar-refractivity contribution < 1.29 is 18.0 Å². The van der Waals surface area contributed by atoms with E-state index in [1.165, 1.54) is 6.07 Å². The zero-order valence-electron chi connectivity index (χ0n) is 16.2. The second kappa shape index (κ2) is 8.86. The van der Waals surface area contributed by atoms with Crippen LogP contribution >= 0.6 is 11.6 Å². The van der Waals surface area contributed by atoms with Crippen molar-refractivity contribution in [2.24, 2.45) is 5.92 Å². The van der Waals surface area contributed by atoms with Gasteiger partial charge in [0, 0.05) is 5.69 Å². The van der Waals surface area contributed by atoms with Gasteiger partial charge in [0.1, 0.15) is 6.04 Å². The minimum absolute atomic E-state index is 0.0848. The molecule has 0 aliphatic rings. The van der Waals surface area contributed by atoms with E-state index >= 15 is 0 Å². The predicted octanol–water partition coefficient (Wildman–Crippen LogP) is 6.30. The maximum absolute atomic E-state index is 12.9. The van der Waals surface area contributed by atoms with Gasteiger partial charge in [0.15, 0.2) is 0 Å². The Kier molecular flexibility index (Phi) is 6.99. The summed E-state index contributed by atoms with van der Waals surface area (Å²) in [5.41, 5.74) is 2.18. The largest absolute Gasteiger partial charge is 0.416 e. The van der Waals surface area contributed by atoms with Crippen LogP contribution in [0.5, 0.6) is 0 Å². The number of carbonyl (C=O) groups is 1. The lowest BCUT2D eigenvalue weighted by Gasteiger charge is -2.25. The van der Waals surface area contributed by atoms with E-state index in [1.54, 1.807) is 0 Å². The number of carbonyl (C=O) groups excluding carboxylic acids is 1. The van der Waals surface area contributed by atoms with Gasteiger partial charge in [0.25, 0.3) is 0 Å². The number of nitrogens with one attached hydrogen (secondary N) is 2. The van der Waals surface area contributed by atoms with Gasteiger partial charge in [-0.2, -0.15) is 13.2 Å². The van der Waals surface area contributed by atoms with E-state index in [4.69, 9.17) is 11.6 Å². The molecule has 0 saturated heterocycles. The van der Waals surface area contributed by atoms with E-state index in [-0.39, 0.29) is 22.5 Å². The number of rotatable bonds is 6. The molecule has 0 heterocycles. The van der Waals surface area contributed by atoms with Gasteiger partial charge in [-0.1, -0.05) is 50.6 Å². The van der Waals surface area contributed by atoms with Gasteiger partial charge in [0.05, 0.1) is 16.3 Å². The van der Waals surface area contributed by atoms with Gasteiger partial charge in [-0.15, -0.1) is 0 Å². The molecule has 7 heteroatoms. The third-order valence-electron chi connectivity index (χ3n) is 4.54. The van der Waals surface area contributed by atoms with E-state index in [0.717, 1.165) is 35.4 Å². The highest BCUT2D eigenvalue weighted by Crippen LogP contribution is 2.34. The molecule has 2 aromatic rings. The van der Waals surface area contributed by atoms with Crippen molar-refractivity contribution in [2.75, 3.05) is 10.6 Å². The predicted molar refractivity (Wildman–Crippen MR) is 108 cm³/mol. The number of benzene rings is 2. The van der Waals surface area contributed by atoms with E-state index < -0.39 is 17.8 Å². The quantitative estimate of drug-likeness (QED) is 0.584. The van der Waals surface area contributed by atoms with Gasteiger partial charge in [-0.05, 0) is 48.6 Å².